The number of hydrogen-bond donors (Lipinski definition) is 1. The van der Waals surface area contributed by atoms with Gasteiger partial charge in [-0.05, 0) is 19.1 Å². The van der Waals surface area contributed by atoms with Crippen LogP contribution < -0.4 is 5.32 Å². The predicted molar refractivity (Wildman–Crippen MR) is 70.8 cm³/mol. The highest BCUT2D eigenvalue weighted by atomic mass is 16.7. The highest BCUT2D eigenvalue weighted by molar-refractivity contribution is 5.72. The number of aromatic nitrogens is 2. The fraction of sp³-hybridized carbons (Fsp3) is 0.385. The molecule has 0 fully saturated rings. The van der Waals surface area contributed by atoms with Crippen LogP contribution in [0.5, 0.6) is 0 Å². The van der Waals surface area contributed by atoms with E-state index in [9.17, 15) is 0 Å². The Hall–Kier alpha value is -1.92. The van der Waals surface area contributed by atoms with Crippen LogP contribution in [0.15, 0.2) is 28.8 Å². The average molecular weight is 263 g/mol. The van der Waals surface area contributed by atoms with Crippen LogP contribution in [0.25, 0.3) is 11.5 Å². The van der Waals surface area contributed by atoms with Gasteiger partial charge in [-0.3, -0.25) is 0 Å². The zero-order chi connectivity index (χ0) is 13.7. The number of anilines is 1. The van der Waals surface area contributed by atoms with Crippen molar-refractivity contribution in [1.29, 1.82) is 0 Å². The van der Waals surface area contributed by atoms with Crippen LogP contribution in [-0.2, 0) is 9.47 Å². The third-order valence-corrected chi connectivity index (χ3v) is 2.67. The van der Waals surface area contributed by atoms with Crippen molar-refractivity contribution in [1.82, 2.24) is 10.1 Å². The van der Waals surface area contributed by atoms with Crippen LogP contribution in [0.2, 0.25) is 0 Å². The molecule has 1 heterocycles. The zero-order valence-electron chi connectivity index (χ0n) is 11.2. The maximum absolute atomic E-state index is 5.19. The molecule has 102 valence electrons. The summed E-state index contributed by atoms with van der Waals surface area (Å²) in [5.41, 5.74) is 1.75. The van der Waals surface area contributed by atoms with Crippen molar-refractivity contribution in [3.63, 3.8) is 0 Å². The first kappa shape index (κ1) is 13.5. The SMILES string of the molecule is COC(CNc1ccccc1-c1nc(C)no1)OC. The molecule has 0 atom stereocenters. The Morgan fingerprint density at radius 3 is 2.63 bits per heavy atom. The van der Waals surface area contributed by atoms with Crippen molar-refractivity contribution in [2.75, 3.05) is 26.1 Å². The van der Waals surface area contributed by atoms with E-state index in [1.807, 2.05) is 24.3 Å². The van der Waals surface area contributed by atoms with E-state index in [0.29, 0.717) is 18.3 Å². The second kappa shape index (κ2) is 6.31. The Balaban J connectivity index is 2.17. The van der Waals surface area contributed by atoms with Gasteiger partial charge in [-0.15, -0.1) is 0 Å². The molecule has 0 radical (unpaired) electrons. The number of para-hydroxylation sites is 1. The number of methoxy groups -OCH3 is 2. The molecule has 0 aliphatic carbocycles. The minimum atomic E-state index is -0.308. The molecule has 0 aliphatic heterocycles. The van der Waals surface area contributed by atoms with Gasteiger partial charge in [-0.1, -0.05) is 17.3 Å². The number of benzene rings is 1. The number of ether oxygens (including phenoxy) is 2. The first-order valence-electron chi connectivity index (χ1n) is 5.93. The van der Waals surface area contributed by atoms with Gasteiger partial charge in [-0.2, -0.15) is 4.98 Å². The van der Waals surface area contributed by atoms with Crippen LogP contribution in [0.1, 0.15) is 5.82 Å². The second-order valence-corrected chi connectivity index (χ2v) is 3.97. The van der Waals surface area contributed by atoms with Gasteiger partial charge in [0.15, 0.2) is 12.1 Å². The number of hydrogen-bond acceptors (Lipinski definition) is 6. The summed E-state index contributed by atoms with van der Waals surface area (Å²) in [6, 6.07) is 7.72. The second-order valence-electron chi connectivity index (χ2n) is 3.97. The molecule has 0 bridgehead atoms. The highest BCUT2D eigenvalue weighted by Crippen LogP contribution is 2.26. The van der Waals surface area contributed by atoms with Crippen LogP contribution in [-0.4, -0.2) is 37.2 Å². The van der Waals surface area contributed by atoms with Gasteiger partial charge in [0.25, 0.3) is 5.89 Å². The molecule has 1 aromatic carbocycles. The molecule has 0 aliphatic rings. The summed E-state index contributed by atoms with van der Waals surface area (Å²) in [4.78, 5) is 4.23. The Bertz CT molecular complexity index is 523. The van der Waals surface area contributed by atoms with E-state index in [1.54, 1.807) is 21.1 Å². The van der Waals surface area contributed by atoms with E-state index in [1.165, 1.54) is 0 Å². The van der Waals surface area contributed by atoms with E-state index >= 15 is 0 Å². The Labute approximate surface area is 111 Å². The molecule has 0 unspecified atom stereocenters. The summed E-state index contributed by atoms with van der Waals surface area (Å²) >= 11 is 0. The van der Waals surface area contributed by atoms with Gasteiger partial charge in [0.05, 0.1) is 12.1 Å². The lowest BCUT2D eigenvalue weighted by Crippen LogP contribution is -2.23. The van der Waals surface area contributed by atoms with Crippen molar-refractivity contribution >= 4 is 5.69 Å². The summed E-state index contributed by atoms with van der Waals surface area (Å²) in [5, 5.41) is 7.04. The molecule has 6 nitrogen and oxygen atoms in total. The van der Waals surface area contributed by atoms with Crippen LogP contribution in [0.3, 0.4) is 0 Å². The van der Waals surface area contributed by atoms with E-state index < -0.39 is 0 Å². The Morgan fingerprint density at radius 1 is 1.26 bits per heavy atom. The maximum atomic E-state index is 5.19. The summed E-state index contributed by atoms with van der Waals surface area (Å²) in [6.45, 7) is 2.31. The van der Waals surface area contributed by atoms with E-state index in [2.05, 4.69) is 15.5 Å². The molecule has 0 amide bonds. The lowest BCUT2D eigenvalue weighted by Gasteiger charge is -2.16. The van der Waals surface area contributed by atoms with Crippen molar-refractivity contribution < 1.29 is 14.0 Å². The molecule has 0 spiro atoms. The third-order valence-electron chi connectivity index (χ3n) is 2.67. The Morgan fingerprint density at radius 2 is 2.00 bits per heavy atom. The van der Waals surface area contributed by atoms with Gasteiger partial charge >= 0.3 is 0 Å². The molecule has 2 aromatic rings. The normalized spacial score (nSPS) is 10.9. The summed E-state index contributed by atoms with van der Waals surface area (Å²) in [7, 11) is 3.20. The summed E-state index contributed by atoms with van der Waals surface area (Å²) < 4.78 is 15.5. The van der Waals surface area contributed by atoms with Crippen LogP contribution >= 0.6 is 0 Å². The van der Waals surface area contributed by atoms with Crippen molar-refractivity contribution in [2.45, 2.75) is 13.2 Å². The van der Waals surface area contributed by atoms with Gasteiger partial charge in [-0.25, -0.2) is 0 Å². The monoisotopic (exact) mass is 263 g/mol. The van der Waals surface area contributed by atoms with Crippen molar-refractivity contribution in [3.8, 4) is 11.5 Å². The lowest BCUT2D eigenvalue weighted by molar-refractivity contribution is -0.0914. The summed E-state index contributed by atoms with van der Waals surface area (Å²) in [5.74, 6) is 1.10. The lowest BCUT2D eigenvalue weighted by atomic mass is 10.1. The van der Waals surface area contributed by atoms with E-state index in [0.717, 1.165) is 11.3 Å². The number of rotatable bonds is 6. The predicted octanol–water partition coefficient (Wildman–Crippen LogP) is 2.08. The molecule has 1 N–H and O–H groups in total. The molecular weight excluding hydrogens is 246 g/mol. The van der Waals surface area contributed by atoms with Gasteiger partial charge in [0, 0.05) is 19.9 Å². The molecule has 1 aromatic heterocycles. The van der Waals surface area contributed by atoms with Crippen molar-refractivity contribution in [3.05, 3.63) is 30.1 Å². The first-order chi connectivity index (χ1) is 9.24. The minimum absolute atomic E-state index is 0.308. The van der Waals surface area contributed by atoms with Gasteiger partial charge in [0.1, 0.15) is 0 Å². The molecule has 2 rings (SSSR count). The quantitative estimate of drug-likeness (QED) is 0.805. The zero-order valence-corrected chi connectivity index (χ0v) is 11.2. The summed E-state index contributed by atoms with van der Waals surface area (Å²) in [6.07, 6.45) is -0.308. The van der Waals surface area contributed by atoms with Crippen LogP contribution in [0, 0.1) is 6.92 Å². The average Bonchev–Trinajstić information content (AvgIpc) is 2.87. The molecular formula is C13H17N3O3. The third kappa shape index (κ3) is 3.30. The topological polar surface area (TPSA) is 69.4 Å². The van der Waals surface area contributed by atoms with E-state index in [4.69, 9.17) is 14.0 Å². The van der Waals surface area contributed by atoms with Crippen molar-refractivity contribution in [2.24, 2.45) is 0 Å². The number of aryl methyl sites for hydroxylation is 1. The molecule has 0 saturated heterocycles. The maximum Gasteiger partial charge on any atom is 0.260 e. The highest BCUT2D eigenvalue weighted by Gasteiger charge is 2.12. The molecule has 0 saturated carbocycles. The van der Waals surface area contributed by atoms with Gasteiger partial charge in [0.2, 0.25) is 0 Å². The smallest absolute Gasteiger partial charge is 0.260 e. The van der Waals surface area contributed by atoms with Gasteiger partial charge < -0.3 is 19.3 Å². The minimum Gasteiger partial charge on any atom is -0.379 e. The standard InChI is InChI=1S/C13H17N3O3/c1-9-15-13(19-16-9)10-6-4-5-7-11(10)14-8-12(17-2)18-3/h4-7,12,14H,8H2,1-3H3. The number of nitrogens with zero attached hydrogens (tertiary/aromatic N) is 2. The molecule has 6 heteroatoms. The number of nitrogens with one attached hydrogen (secondary N) is 1. The molecule has 19 heavy (non-hydrogen) atoms. The van der Waals surface area contributed by atoms with Crippen LogP contribution in [0.4, 0.5) is 5.69 Å². The Kier molecular flexibility index (Phi) is 4.48. The van der Waals surface area contributed by atoms with E-state index in [-0.39, 0.29) is 6.29 Å². The fourth-order valence-corrected chi connectivity index (χ4v) is 1.69. The largest absolute Gasteiger partial charge is 0.379 e. The fourth-order valence-electron chi connectivity index (χ4n) is 1.69. The first-order valence-corrected chi connectivity index (χ1v) is 5.93.